The first kappa shape index (κ1) is 11.8. The van der Waals surface area contributed by atoms with E-state index in [2.05, 4.69) is 15.9 Å². The van der Waals surface area contributed by atoms with E-state index in [1.165, 1.54) is 7.11 Å². The summed E-state index contributed by atoms with van der Waals surface area (Å²) in [5.41, 5.74) is -0.183. The largest absolute Gasteiger partial charge is 0.504 e. The highest BCUT2D eigenvalue weighted by atomic mass is 79.9. The van der Waals surface area contributed by atoms with Gasteiger partial charge in [-0.2, -0.15) is 0 Å². The molecule has 0 aromatic heterocycles. The third-order valence-electron chi connectivity index (χ3n) is 1.78. The molecule has 0 aliphatic rings. The van der Waals surface area contributed by atoms with Gasteiger partial charge in [-0.15, -0.1) is 0 Å². The number of phenols is 1. The summed E-state index contributed by atoms with van der Waals surface area (Å²) < 4.78 is 18.2. The van der Waals surface area contributed by atoms with Crippen molar-refractivity contribution < 1.29 is 24.1 Å². The van der Waals surface area contributed by atoms with E-state index in [1.54, 1.807) is 0 Å². The van der Waals surface area contributed by atoms with Crippen LogP contribution in [0.2, 0.25) is 0 Å². The number of phenolic OH excluding ortho intramolecular Hbond substituents is 1. The van der Waals surface area contributed by atoms with Crippen molar-refractivity contribution >= 4 is 21.9 Å². The highest BCUT2D eigenvalue weighted by Crippen LogP contribution is 2.36. The zero-order chi connectivity index (χ0) is 11.6. The first-order valence-corrected chi connectivity index (χ1v) is 4.72. The van der Waals surface area contributed by atoms with Crippen LogP contribution in [0.25, 0.3) is 0 Å². The summed E-state index contributed by atoms with van der Waals surface area (Å²) in [5.74, 6) is -2.41. The van der Waals surface area contributed by atoms with E-state index in [-0.39, 0.29) is 21.5 Å². The maximum absolute atomic E-state index is 13.5. The van der Waals surface area contributed by atoms with Crippen LogP contribution in [0.1, 0.15) is 5.56 Å². The molecule has 15 heavy (non-hydrogen) atoms. The Morgan fingerprint density at radius 2 is 2.27 bits per heavy atom. The Morgan fingerprint density at radius 1 is 1.67 bits per heavy atom. The predicted molar refractivity (Wildman–Crippen MR) is 53.7 cm³/mol. The number of rotatable bonds is 3. The fourth-order valence-corrected chi connectivity index (χ4v) is 1.64. The minimum absolute atomic E-state index is 0.00273. The molecule has 4 nitrogen and oxygen atoms in total. The van der Waals surface area contributed by atoms with Crippen molar-refractivity contribution in [3.05, 3.63) is 21.9 Å². The van der Waals surface area contributed by atoms with Crippen molar-refractivity contribution in [3.8, 4) is 11.5 Å². The fourth-order valence-electron chi connectivity index (χ4n) is 1.18. The van der Waals surface area contributed by atoms with Gasteiger partial charge in [-0.25, -0.2) is 4.39 Å². The zero-order valence-electron chi connectivity index (χ0n) is 7.75. The maximum Gasteiger partial charge on any atom is 0.308 e. The van der Waals surface area contributed by atoms with E-state index >= 15 is 0 Å². The van der Waals surface area contributed by atoms with Gasteiger partial charge in [0.25, 0.3) is 0 Å². The molecule has 0 unspecified atom stereocenters. The van der Waals surface area contributed by atoms with Crippen LogP contribution in [0.3, 0.4) is 0 Å². The first-order chi connectivity index (χ1) is 6.97. The lowest BCUT2D eigenvalue weighted by molar-refractivity contribution is -0.136. The molecule has 0 spiro atoms. The second kappa shape index (κ2) is 4.48. The fraction of sp³-hybridized carbons (Fsp3) is 0.222. The van der Waals surface area contributed by atoms with Gasteiger partial charge in [-0.3, -0.25) is 4.79 Å². The number of carboxylic acids is 1. The SMILES string of the molecule is COc1c(O)cc(Br)c(F)c1CC(=O)O. The smallest absolute Gasteiger partial charge is 0.308 e. The number of methoxy groups -OCH3 is 1. The Hall–Kier alpha value is -1.30. The van der Waals surface area contributed by atoms with Crippen molar-refractivity contribution in [1.82, 2.24) is 0 Å². The molecule has 0 fully saturated rings. The van der Waals surface area contributed by atoms with Crippen molar-refractivity contribution in [1.29, 1.82) is 0 Å². The molecule has 1 aromatic rings. The van der Waals surface area contributed by atoms with Gasteiger partial charge in [0.15, 0.2) is 11.5 Å². The molecule has 0 saturated carbocycles. The van der Waals surface area contributed by atoms with Crippen LogP contribution in [-0.4, -0.2) is 23.3 Å². The van der Waals surface area contributed by atoms with Gasteiger partial charge in [-0.1, -0.05) is 0 Å². The van der Waals surface area contributed by atoms with Crippen LogP contribution in [0.4, 0.5) is 4.39 Å². The molecule has 1 aromatic carbocycles. The topological polar surface area (TPSA) is 66.8 Å². The molecule has 0 amide bonds. The summed E-state index contributed by atoms with van der Waals surface area (Å²) in [6.07, 6.45) is -0.554. The number of benzene rings is 1. The van der Waals surface area contributed by atoms with E-state index < -0.39 is 18.2 Å². The van der Waals surface area contributed by atoms with Crippen LogP contribution in [0.5, 0.6) is 11.5 Å². The molecule has 0 atom stereocenters. The van der Waals surface area contributed by atoms with Crippen LogP contribution in [0.15, 0.2) is 10.5 Å². The van der Waals surface area contributed by atoms with Crippen molar-refractivity contribution in [2.24, 2.45) is 0 Å². The number of ether oxygens (including phenoxy) is 1. The van der Waals surface area contributed by atoms with E-state index in [0.717, 1.165) is 6.07 Å². The van der Waals surface area contributed by atoms with Gasteiger partial charge in [0.05, 0.1) is 18.0 Å². The Kier molecular flexibility index (Phi) is 3.52. The number of hydrogen-bond donors (Lipinski definition) is 2. The van der Waals surface area contributed by atoms with Gasteiger partial charge in [0.1, 0.15) is 5.82 Å². The van der Waals surface area contributed by atoms with Gasteiger partial charge in [0, 0.05) is 11.6 Å². The highest BCUT2D eigenvalue weighted by Gasteiger charge is 2.19. The molecule has 6 heteroatoms. The third-order valence-corrected chi connectivity index (χ3v) is 2.35. The van der Waals surface area contributed by atoms with Crippen molar-refractivity contribution in [3.63, 3.8) is 0 Å². The highest BCUT2D eigenvalue weighted by molar-refractivity contribution is 9.10. The molecule has 0 saturated heterocycles. The maximum atomic E-state index is 13.5. The minimum atomic E-state index is -1.20. The summed E-state index contributed by atoms with van der Waals surface area (Å²) in [5, 5.41) is 18.0. The van der Waals surface area contributed by atoms with Gasteiger partial charge in [0.2, 0.25) is 0 Å². The van der Waals surface area contributed by atoms with Gasteiger partial charge < -0.3 is 14.9 Å². The Balaban J connectivity index is 3.36. The molecular formula is C9H8BrFO4. The number of hydrogen-bond acceptors (Lipinski definition) is 3. The number of aromatic hydroxyl groups is 1. The van der Waals surface area contributed by atoms with Crippen LogP contribution >= 0.6 is 15.9 Å². The summed E-state index contributed by atoms with van der Waals surface area (Å²) in [6.45, 7) is 0. The second-order valence-corrected chi connectivity index (χ2v) is 3.63. The zero-order valence-corrected chi connectivity index (χ0v) is 9.34. The van der Waals surface area contributed by atoms with E-state index in [9.17, 15) is 14.3 Å². The van der Waals surface area contributed by atoms with Crippen molar-refractivity contribution in [2.45, 2.75) is 6.42 Å². The van der Waals surface area contributed by atoms with E-state index in [4.69, 9.17) is 9.84 Å². The molecule has 0 bridgehead atoms. The van der Waals surface area contributed by atoms with E-state index in [0.29, 0.717) is 0 Å². The second-order valence-electron chi connectivity index (χ2n) is 2.77. The number of carboxylic acid groups (broad SMARTS) is 1. The standard InChI is InChI=1S/C9H8BrFO4/c1-15-9-4(2-7(13)14)8(11)5(10)3-6(9)12/h3,12H,2H2,1H3,(H,13,14). The van der Waals surface area contributed by atoms with Crippen LogP contribution in [0, 0.1) is 5.82 Å². The molecular weight excluding hydrogens is 271 g/mol. The molecule has 0 heterocycles. The van der Waals surface area contributed by atoms with Crippen LogP contribution < -0.4 is 4.74 Å². The Labute approximate surface area is 93.4 Å². The minimum Gasteiger partial charge on any atom is -0.504 e. The average Bonchev–Trinajstić information content (AvgIpc) is 2.13. The number of carbonyl (C=O) groups is 1. The number of halogens is 2. The first-order valence-electron chi connectivity index (χ1n) is 3.93. The van der Waals surface area contributed by atoms with Gasteiger partial charge in [-0.05, 0) is 15.9 Å². The molecule has 0 aliphatic carbocycles. The summed E-state index contributed by atoms with van der Waals surface area (Å²) in [6, 6.07) is 1.11. The van der Waals surface area contributed by atoms with Crippen molar-refractivity contribution in [2.75, 3.05) is 7.11 Å². The quantitative estimate of drug-likeness (QED) is 0.887. The Morgan fingerprint density at radius 3 is 2.73 bits per heavy atom. The summed E-state index contributed by atoms with van der Waals surface area (Å²) >= 11 is 2.87. The molecule has 82 valence electrons. The molecule has 0 aliphatic heterocycles. The Bertz CT molecular complexity index is 406. The normalized spacial score (nSPS) is 10.1. The average molecular weight is 279 g/mol. The lowest BCUT2D eigenvalue weighted by atomic mass is 10.1. The molecule has 1 rings (SSSR count). The lowest BCUT2D eigenvalue weighted by Gasteiger charge is -2.10. The van der Waals surface area contributed by atoms with Crippen LogP contribution in [-0.2, 0) is 11.2 Å². The third kappa shape index (κ3) is 2.38. The molecule has 0 radical (unpaired) electrons. The molecule has 2 N–H and O–H groups in total. The summed E-state index contributed by atoms with van der Waals surface area (Å²) in [4.78, 5) is 10.5. The van der Waals surface area contributed by atoms with E-state index in [1.807, 2.05) is 0 Å². The van der Waals surface area contributed by atoms with Gasteiger partial charge >= 0.3 is 5.97 Å². The predicted octanol–water partition coefficient (Wildman–Crippen LogP) is 1.93. The lowest BCUT2D eigenvalue weighted by Crippen LogP contribution is -2.05. The summed E-state index contributed by atoms with van der Waals surface area (Å²) in [7, 11) is 1.23. The number of aliphatic carboxylic acids is 1. The monoisotopic (exact) mass is 278 g/mol.